The molecule has 2 heterocycles. The summed E-state index contributed by atoms with van der Waals surface area (Å²) in [5, 5.41) is 0. The summed E-state index contributed by atoms with van der Waals surface area (Å²) >= 11 is 0. The normalized spacial score (nSPS) is 23.2. The van der Waals surface area contributed by atoms with Crippen LogP contribution in [0.3, 0.4) is 0 Å². The fourth-order valence-electron chi connectivity index (χ4n) is 4.14. The molecule has 3 heteroatoms. The van der Waals surface area contributed by atoms with Crippen LogP contribution in [0.5, 0.6) is 11.5 Å². The van der Waals surface area contributed by atoms with E-state index in [9.17, 15) is 0 Å². The number of hydrogen-bond donors (Lipinski definition) is 0. The van der Waals surface area contributed by atoms with Gasteiger partial charge in [-0.25, -0.2) is 0 Å². The number of para-hydroxylation sites is 1. The second-order valence-corrected chi connectivity index (χ2v) is 6.87. The van der Waals surface area contributed by atoms with E-state index in [1.54, 1.807) is 7.11 Å². The third-order valence-electron chi connectivity index (χ3n) is 5.45. The Morgan fingerprint density at radius 1 is 0.923 bits per heavy atom. The van der Waals surface area contributed by atoms with Gasteiger partial charge in [0, 0.05) is 23.5 Å². The second kappa shape index (κ2) is 5.89. The molecule has 2 atom stereocenters. The predicted octanol–water partition coefficient (Wildman–Crippen LogP) is 4.99. The standard InChI is InChI=1S/C23H20O3/c1-24-18-12-10-16(11-13-18)20-14-23(26-22-9-5-3-7-19(20)22)21-8-4-2-6-17(21)15-25-23/h2-13,20H,14-15H2,1H3/t20-,23+/m0/s1. The molecule has 3 aromatic rings. The van der Waals surface area contributed by atoms with Gasteiger partial charge in [-0.15, -0.1) is 0 Å². The van der Waals surface area contributed by atoms with Gasteiger partial charge in [-0.2, -0.15) is 0 Å². The van der Waals surface area contributed by atoms with Crippen LogP contribution in [-0.2, 0) is 17.1 Å². The SMILES string of the molecule is COc1ccc([C@@H]2C[C@@]3(OCc4ccccc43)Oc3ccccc32)cc1. The van der Waals surface area contributed by atoms with Crippen LogP contribution in [0.4, 0.5) is 0 Å². The predicted molar refractivity (Wildman–Crippen MR) is 99.4 cm³/mol. The smallest absolute Gasteiger partial charge is 0.238 e. The van der Waals surface area contributed by atoms with Gasteiger partial charge in [0.2, 0.25) is 5.79 Å². The number of fused-ring (bicyclic) bond motifs is 3. The number of ether oxygens (including phenoxy) is 3. The molecule has 3 aromatic carbocycles. The molecule has 0 fully saturated rings. The maximum Gasteiger partial charge on any atom is 0.238 e. The highest BCUT2D eigenvalue weighted by molar-refractivity contribution is 5.48. The lowest BCUT2D eigenvalue weighted by molar-refractivity contribution is -0.195. The van der Waals surface area contributed by atoms with E-state index in [0.29, 0.717) is 6.61 Å². The van der Waals surface area contributed by atoms with E-state index in [0.717, 1.165) is 23.5 Å². The fraction of sp³-hybridized carbons (Fsp3) is 0.217. The maximum atomic E-state index is 6.46. The van der Waals surface area contributed by atoms with E-state index in [1.165, 1.54) is 16.7 Å². The Hall–Kier alpha value is -2.78. The first-order valence-corrected chi connectivity index (χ1v) is 8.93. The highest BCUT2D eigenvalue weighted by Crippen LogP contribution is 2.52. The van der Waals surface area contributed by atoms with Crippen LogP contribution in [0.1, 0.15) is 34.6 Å². The molecule has 1 spiro atoms. The Labute approximate surface area is 153 Å². The Morgan fingerprint density at radius 2 is 1.69 bits per heavy atom. The zero-order chi connectivity index (χ0) is 17.6. The minimum Gasteiger partial charge on any atom is -0.497 e. The number of hydrogen-bond acceptors (Lipinski definition) is 3. The minimum atomic E-state index is -0.713. The molecule has 0 bridgehead atoms. The highest BCUT2D eigenvalue weighted by Gasteiger charge is 2.48. The highest BCUT2D eigenvalue weighted by atomic mass is 16.7. The molecule has 3 nitrogen and oxygen atoms in total. The molecule has 0 radical (unpaired) electrons. The quantitative estimate of drug-likeness (QED) is 0.655. The van der Waals surface area contributed by atoms with Crippen molar-refractivity contribution in [2.24, 2.45) is 0 Å². The molecule has 0 N–H and O–H groups in total. The van der Waals surface area contributed by atoms with E-state index >= 15 is 0 Å². The van der Waals surface area contributed by atoms with E-state index < -0.39 is 5.79 Å². The van der Waals surface area contributed by atoms with Crippen LogP contribution >= 0.6 is 0 Å². The fourth-order valence-corrected chi connectivity index (χ4v) is 4.14. The maximum absolute atomic E-state index is 6.46. The van der Waals surface area contributed by atoms with E-state index in [4.69, 9.17) is 14.2 Å². The number of methoxy groups -OCH3 is 1. The van der Waals surface area contributed by atoms with Gasteiger partial charge in [0.15, 0.2) is 0 Å². The van der Waals surface area contributed by atoms with Crippen molar-refractivity contribution in [2.45, 2.75) is 24.7 Å². The number of benzene rings is 3. The van der Waals surface area contributed by atoms with Crippen molar-refractivity contribution in [1.29, 1.82) is 0 Å². The Bertz CT molecular complexity index is 948. The molecule has 2 aliphatic heterocycles. The third kappa shape index (κ3) is 2.31. The van der Waals surface area contributed by atoms with Crippen molar-refractivity contribution in [1.82, 2.24) is 0 Å². The summed E-state index contributed by atoms with van der Waals surface area (Å²) in [7, 11) is 1.69. The molecule has 0 unspecified atom stereocenters. The first kappa shape index (κ1) is 15.5. The molecule has 26 heavy (non-hydrogen) atoms. The molecule has 2 aliphatic rings. The van der Waals surface area contributed by atoms with Gasteiger partial charge in [0.1, 0.15) is 11.5 Å². The molecule has 0 aromatic heterocycles. The van der Waals surface area contributed by atoms with Gasteiger partial charge in [-0.05, 0) is 29.3 Å². The summed E-state index contributed by atoms with van der Waals surface area (Å²) in [6, 6.07) is 24.9. The number of rotatable bonds is 2. The second-order valence-electron chi connectivity index (χ2n) is 6.87. The van der Waals surface area contributed by atoms with Crippen LogP contribution in [0.2, 0.25) is 0 Å². The average molecular weight is 344 g/mol. The molecular formula is C23H20O3. The zero-order valence-corrected chi connectivity index (χ0v) is 14.6. The van der Waals surface area contributed by atoms with Gasteiger partial charge < -0.3 is 14.2 Å². The third-order valence-corrected chi connectivity index (χ3v) is 5.45. The molecule has 0 aliphatic carbocycles. The van der Waals surface area contributed by atoms with Crippen molar-refractivity contribution in [2.75, 3.05) is 7.11 Å². The van der Waals surface area contributed by atoms with Crippen molar-refractivity contribution >= 4 is 0 Å². The zero-order valence-electron chi connectivity index (χ0n) is 14.6. The van der Waals surface area contributed by atoms with Gasteiger partial charge >= 0.3 is 0 Å². The Morgan fingerprint density at radius 3 is 2.54 bits per heavy atom. The van der Waals surface area contributed by atoms with Gasteiger partial charge in [0.05, 0.1) is 13.7 Å². The van der Waals surface area contributed by atoms with E-state index in [-0.39, 0.29) is 5.92 Å². The Kier molecular flexibility index (Phi) is 3.50. The molecule has 0 saturated carbocycles. The monoisotopic (exact) mass is 344 g/mol. The van der Waals surface area contributed by atoms with Crippen molar-refractivity contribution in [3.8, 4) is 11.5 Å². The summed E-state index contributed by atoms with van der Waals surface area (Å²) in [4.78, 5) is 0. The summed E-state index contributed by atoms with van der Waals surface area (Å²) in [5.41, 5.74) is 4.80. The van der Waals surface area contributed by atoms with E-state index in [2.05, 4.69) is 48.5 Å². The summed E-state index contributed by atoms with van der Waals surface area (Å²) in [6.45, 7) is 0.591. The van der Waals surface area contributed by atoms with Crippen LogP contribution in [0.25, 0.3) is 0 Å². The van der Waals surface area contributed by atoms with Gasteiger partial charge in [-0.3, -0.25) is 0 Å². The molecule has 5 rings (SSSR count). The van der Waals surface area contributed by atoms with Crippen LogP contribution in [-0.4, -0.2) is 7.11 Å². The van der Waals surface area contributed by atoms with Gasteiger partial charge in [-0.1, -0.05) is 54.6 Å². The van der Waals surface area contributed by atoms with Crippen LogP contribution in [0.15, 0.2) is 72.8 Å². The lowest BCUT2D eigenvalue weighted by Crippen LogP contribution is -2.38. The lowest BCUT2D eigenvalue weighted by Gasteiger charge is -2.39. The summed E-state index contributed by atoms with van der Waals surface area (Å²) in [5.74, 6) is 1.26. The van der Waals surface area contributed by atoms with Crippen LogP contribution < -0.4 is 9.47 Å². The first-order chi connectivity index (χ1) is 12.8. The Balaban J connectivity index is 1.63. The van der Waals surface area contributed by atoms with Crippen molar-refractivity contribution in [3.63, 3.8) is 0 Å². The summed E-state index contributed by atoms with van der Waals surface area (Å²) in [6.07, 6.45) is 0.757. The topological polar surface area (TPSA) is 27.7 Å². The largest absolute Gasteiger partial charge is 0.497 e. The van der Waals surface area contributed by atoms with Crippen LogP contribution in [0, 0.1) is 0 Å². The van der Waals surface area contributed by atoms with Gasteiger partial charge in [0.25, 0.3) is 0 Å². The molecule has 130 valence electrons. The summed E-state index contributed by atoms with van der Waals surface area (Å²) < 4.78 is 18.0. The average Bonchev–Trinajstić information content (AvgIpc) is 3.05. The van der Waals surface area contributed by atoms with Crippen molar-refractivity contribution < 1.29 is 14.2 Å². The first-order valence-electron chi connectivity index (χ1n) is 8.93. The minimum absolute atomic E-state index is 0.206. The molecule has 0 amide bonds. The van der Waals surface area contributed by atoms with E-state index in [1.807, 2.05) is 24.3 Å². The lowest BCUT2D eigenvalue weighted by atomic mass is 9.81. The molecule has 0 saturated heterocycles. The molecular weight excluding hydrogens is 324 g/mol. The van der Waals surface area contributed by atoms with Crippen molar-refractivity contribution in [3.05, 3.63) is 95.1 Å².